The lowest BCUT2D eigenvalue weighted by atomic mass is 10.1. The minimum Gasteiger partial charge on any atom is -0.457 e. The first-order valence-corrected chi connectivity index (χ1v) is 21.7. The molecular weight excluding hydrogens is 955 g/mol. The van der Waals surface area contributed by atoms with Gasteiger partial charge in [-0.1, -0.05) is 30.3 Å². The molecule has 0 aliphatic carbocycles. The number of anilines is 2. The molecule has 0 unspecified atom stereocenters. The van der Waals surface area contributed by atoms with Crippen LogP contribution in [0.4, 0.5) is 28.9 Å². The van der Waals surface area contributed by atoms with E-state index in [0.717, 1.165) is 11.1 Å². The summed E-state index contributed by atoms with van der Waals surface area (Å²) in [5, 5.41) is 27.1. The van der Waals surface area contributed by atoms with Crippen LogP contribution in [0.15, 0.2) is 147 Å². The first kappa shape index (κ1) is 48.0. The maximum absolute atomic E-state index is 13.2. The zero-order valence-corrected chi connectivity index (χ0v) is 37.6. The minimum absolute atomic E-state index is 0.135. The third-order valence-corrected chi connectivity index (χ3v) is 10.6. The Bertz CT molecular complexity index is 3610. The van der Waals surface area contributed by atoms with Crippen molar-refractivity contribution in [2.45, 2.75) is 26.2 Å². The summed E-state index contributed by atoms with van der Waals surface area (Å²) in [6.45, 7) is -5.88. The molecule has 19 nitrogen and oxygen atoms in total. The van der Waals surface area contributed by atoms with Gasteiger partial charge in [-0.3, -0.25) is 19.8 Å². The van der Waals surface area contributed by atoms with Crippen LogP contribution < -0.4 is 35.3 Å². The van der Waals surface area contributed by atoms with E-state index in [4.69, 9.17) is 31.1 Å². The fourth-order valence-corrected chi connectivity index (χ4v) is 7.29. The molecule has 0 atom stereocenters. The van der Waals surface area contributed by atoms with Crippen molar-refractivity contribution in [1.82, 2.24) is 49.6 Å². The van der Waals surface area contributed by atoms with Crippen molar-refractivity contribution in [3.8, 4) is 69.4 Å². The van der Waals surface area contributed by atoms with E-state index >= 15 is 0 Å². The van der Waals surface area contributed by atoms with Crippen LogP contribution in [0.3, 0.4) is 0 Å². The second-order valence-corrected chi connectivity index (χ2v) is 15.2. The molecule has 4 aromatic carbocycles. The van der Waals surface area contributed by atoms with Crippen molar-refractivity contribution in [3.05, 3.63) is 169 Å². The van der Waals surface area contributed by atoms with E-state index in [1.54, 1.807) is 61.2 Å². The lowest BCUT2D eigenvalue weighted by Gasteiger charge is -2.15. The van der Waals surface area contributed by atoms with Crippen LogP contribution in [0.2, 0.25) is 0 Å². The van der Waals surface area contributed by atoms with Crippen LogP contribution in [0.5, 0.6) is 34.5 Å². The number of terminal acetylenes is 1. The number of aromatic nitrogens is 10. The summed E-state index contributed by atoms with van der Waals surface area (Å²) in [5.74, 6) is 3.01. The van der Waals surface area contributed by atoms with Crippen LogP contribution >= 0.6 is 0 Å². The van der Waals surface area contributed by atoms with Gasteiger partial charge in [0.05, 0.1) is 47.6 Å². The predicted octanol–water partition coefficient (Wildman–Crippen LogP) is 9.17. The number of H-pyrrole nitrogens is 2. The Morgan fingerprint density at radius 3 is 1.66 bits per heavy atom. The van der Waals surface area contributed by atoms with Crippen LogP contribution in [0, 0.1) is 12.3 Å². The van der Waals surface area contributed by atoms with Crippen LogP contribution in [0.1, 0.15) is 31.8 Å². The van der Waals surface area contributed by atoms with Gasteiger partial charge in [-0.05, 0) is 72.3 Å². The Labute approximate surface area is 409 Å². The number of rotatable bonds is 16. The van der Waals surface area contributed by atoms with Crippen molar-refractivity contribution >= 4 is 34.5 Å². The fourth-order valence-electron chi connectivity index (χ4n) is 7.29. The molecule has 6 heterocycles. The molecule has 0 aliphatic heterocycles. The van der Waals surface area contributed by atoms with E-state index in [0.29, 0.717) is 40.7 Å². The monoisotopic (exact) mass is 991 g/mol. The molecule has 0 bridgehead atoms. The molecular formula is C50H37F4N13O6. The molecule has 10 rings (SSSR count). The number of amides is 2. The van der Waals surface area contributed by atoms with Crippen molar-refractivity contribution < 1.29 is 46.1 Å². The number of nitrogens with one attached hydrogen (secondary N) is 4. The van der Waals surface area contributed by atoms with Crippen LogP contribution in [0.25, 0.3) is 33.8 Å². The first-order valence-electron chi connectivity index (χ1n) is 21.7. The maximum atomic E-state index is 13.2. The van der Waals surface area contributed by atoms with E-state index in [-0.39, 0.29) is 63.1 Å². The van der Waals surface area contributed by atoms with Gasteiger partial charge < -0.3 is 35.3 Å². The van der Waals surface area contributed by atoms with Crippen molar-refractivity contribution in [2.75, 3.05) is 10.6 Å². The number of fused-ring (bicyclic) bond motifs is 2. The number of ether oxygens (including phenoxy) is 4. The molecule has 0 aliphatic rings. The maximum Gasteiger partial charge on any atom is 0.387 e. The summed E-state index contributed by atoms with van der Waals surface area (Å²) in [6.07, 6.45) is 17.7. The van der Waals surface area contributed by atoms with Crippen molar-refractivity contribution in [3.63, 3.8) is 0 Å². The number of carbonyl (C=O) groups excluding carboxylic acids is 2. The van der Waals surface area contributed by atoms with Gasteiger partial charge in [0.15, 0.2) is 11.3 Å². The SMILES string of the molecule is C#CCc1ccc(Oc2ccc(OC(F)F)c(-c3[nH]ncc3NC(=O)c3cnn4cccnc34)c2)cc1.NCc1ccccc1Oc1ccc(OC(F)F)c(-c2[nH]ncc2NC(=O)c2cnn3cccnc23)c1. The molecule has 0 fully saturated rings. The molecule has 6 N–H and O–H groups in total. The van der Waals surface area contributed by atoms with Crippen molar-refractivity contribution in [1.29, 1.82) is 0 Å². The number of halogens is 4. The summed E-state index contributed by atoms with van der Waals surface area (Å²) in [6, 6.07) is 26.4. The van der Waals surface area contributed by atoms with E-state index in [9.17, 15) is 27.2 Å². The van der Waals surface area contributed by atoms with E-state index < -0.39 is 25.0 Å². The number of nitrogens with two attached hydrogens (primary N) is 1. The zero-order valence-electron chi connectivity index (χ0n) is 37.6. The van der Waals surface area contributed by atoms with E-state index in [1.165, 1.54) is 70.2 Å². The average Bonchev–Trinajstić information content (AvgIpc) is 4.23. The van der Waals surface area contributed by atoms with Gasteiger partial charge >= 0.3 is 13.2 Å². The van der Waals surface area contributed by atoms with Gasteiger partial charge in [-0.15, -0.1) is 12.3 Å². The van der Waals surface area contributed by atoms with Gasteiger partial charge in [0.1, 0.15) is 45.6 Å². The van der Waals surface area contributed by atoms with Gasteiger partial charge in [0, 0.05) is 54.4 Å². The molecule has 0 saturated carbocycles. The highest BCUT2D eigenvalue weighted by molar-refractivity contribution is 6.10. The topological polar surface area (TPSA) is 239 Å². The van der Waals surface area contributed by atoms with Crippen molar-refractivity contribution in [2.24, 2.45) is 5.73 Å². The first-order chi connectivity index (χ1) is 35.5. The highest BCUT2D eigenvalue weighted by Gasteiger charge is 2.23. The minimum atomic E-state index is -3.07. The molecule has 366 valence electrons. The number of alkyl halides is 4. The lowest BCUT2D eigenvalue weighted by molar-refractivity contribution is -0.0501. The fraction of sp³-hybridized carbons (Fsp3) is 0.0800. The average molecular weight is 992 g/mol. The summed E-state index contributed by atoms with van der Waals surface area (Å²) in [4.78, 5) is 34.3. The third kappa shape index (κ3) is 11.0. The predicted molar refractivity (Wildman–Crippen MR) is 257 cm³/mol. The van der Waals surface area contributed by atoms with Gasteiger partial charge in [-0.2, -0.15) is 38.0 Å². The van der Waals surface area contributed by atoms with E-state index in [1.807, 2.05) is 24.3 Å². The number of hydrogen-bond donors (Lipinski definition) is 5. The molecule has 6 aromatic heterocycles. The molecule has 0 radical (unpaired) electrons. The van der Waals surface area contributed by atoms with Crippen LogP contribution in [-0.2, 0) is 13.0 Å². The normalized spacial score (nSPS) is 11.0. The van der Waals surface area contributed by atoms with E-state index in [2.05, 4.69) is 57.1 Å². The Morgan fingerprint density at radius 1 is 0.644 bits per heavy atom. The summed E-state index contributed by atoms with van der Waals surface area (Å²) < 4.78 is 76.8. The molecule has 2 amide bonds. The highest BCUT2D eigenvalue weighted by Crippen LogP contribution is 2.40. The number of benzene rings is 4. The Balaban J connectivity index is 0.000000180. The molecule has 0 saturated heterocycles. The molecule has 0 spiro atoms. The smallest absolute Gasteiger partial charge is 0.387 e. The number of aromatic amines is 2. The quantitative estimate of drug-likeness (QED) is 0.0449. The summed E-state index contributed by atoms with van der Waals surface area (Å²) in [7, 11) is 0. The second kappa shape index (κ2) is 21.7. The molecule has 73 heavy (non-hydrogen) atoms. The number of nitrogens with zero attached hydrogens (tertiary/aromatic N) is 8. The number of hydrogen-bond acceptors (Lipinski definition) is 13. The Morgan fingerprint density at radius 2 is 1.15 bits per heavy atom. The largest absolute Gasteiger partial charge is 0.457 e. The second-order valence-electron chi connectivity index (χ2n) is 15.2. The summed E-state index contributed by atoms with van der Waals surface area (Å²) in [5.41, 5.74) is 10.0. The van der Waals surface area contributed by atoms with Gasteiger partial charge in [0.25, 0.3) is 11.8 Å². The zero-order chi connectivity index (χ0) is 50.8. The molecule has 23 heteroatoms. The van der Waals surface area contributed by atoms with Gasteiger partial charge in [-0.25, -0.2) is 19.0 Å². The standard InChI is InChI=1S/C26H18F2N6O3.C24H19F2N7O3/c1-2-4-16-5-7-17(8-6-16)36-18-9-10-22(37-26(27)28)19(13-18)23-21(15-30-33-23)32-25(35)20-14-31-34-12-3-11-29-24(20)34;25-24(26)36-20-7-6-15(35-19-5-2-1-4-14(19)11-27)10-16(20)21-18(13-29-32-21)31-23(34)17-12-30-33-9-3-8-28-22(17)33/h1,3,5-15,26H,4H2,(H,30,33)(H,32,35);1-10,12-13,24H,11,27H2,(H,29,32)(H,31,34). The van der Waals surface area contributed by atoms with Crippen LogP contribution in [-0.4, -0.2) is 74.6 Å². The molecule has 10 aromatic rings. The Hall–Kier alpha value is -10.1. The Kier molecular flexibility index (Phi) is 14.3. The van der Waals surface area contributed by atoms with Gasteiger partial charge in [0.2, 0.25) is 0 Å². The highest BCUT2D eigenvalue weighted by atomic mass is 19.3. The number of carbonyl (C=O) groups is 2. The third-order valence-electron chi connectivity index (χ3n) is 10.6. The number of para-hydroxylation sites is 1. The lowest BCUT2D eigenvalue weighted by Crippen LogP contribution is -2.12. The summed E-state index contributed by atoms with van der Waals surface area (Å²) >= 11 is 0.